The van der Waals surface area contributed by atoms with Crippen LogP contribution in [0.15, 0.2) is 0 Å². The molecule has 2 atom stereocenters. The highest BCUT2D eigenvalue weighted by atomic mass is 32.2. The van der Waals surface area contributed by atoms with Crippen LogP contribution in [0.2, 0.25) is 0 Å². The normalized spacial score (nSPS) is 23.8. The fraction of sp³-hybridized carbons (Fsp3) is 0.800. The SMILES string of the molecule is COC(=O)CCS(=O)(=O)NC1CCCC1C(N)=S. The maximum Gasteiger partial charge on any atom is 0.306 e. The van der Waals surface area contributed by atoms with Crippen molar-refractivity contribution < 1.29 is 17.9 Å². The van der Waals surface area contributed by atoms with E-state index in [0.29, 0.717) is 4.99 Å². The molecular weight excluding hydrogens is 276 g/mol. The van der Waals surface area contributed by atoms with Gasteiger partial charge in [0.15, 0.2) is 0 Å². The van der Waals surface area contributed by atoms with Crippen molar-refractivity contribution in [2.45, 2.75) is 31.7 Å². The summed E-state index contributed by atoms with van der Waals surface area (Å²) in [5.74, 6) is -0.911. The zero-order chi connectivity index (χ0) is 13.8. The number of methoxy groups -OCH3 is 1. The summed E-state index contributed by atoms with van der Waals surface area (Å²) in [6, 6.07) is -0.245. The molecule has 1 aliphatic carbocycles. The van der Waals surface area contributed by atoms with Crippen molar-refractivity contribution in [3.63, 3.8) is 0 Å². The van der Waals surface area contributed by atoms with Gasteiger partial charge in [0.05, 0.1) is 24.3 Å². The molecule has 2 unspecified atom stereocenters. The topological polar surface area (TPSA) is 98.5 Å². The van der Waals surface area contributed by atoms with Crippen molar-refractivity contribution in [3.8, 4) is 0 Å². The Morgan fingerprint density at radius 1 is 1.50 bits per heavy atom. The summed E-state index contributed by atoms with van der Waals surface area (Å²) in [6.07, 6.45) is 2.27. The predicted octanol–water partition coefficient (Wildman–Crippen LogP) is -0.0763. The van der Waals surface area contributed by atoms with E-state index in [1.54, 1.807) is 0 Å². The van der Waals surface area contributed by atoms with E-state index in [4.69, 9.17) is 18.0 Å². The van der Waals surface area contributed by atoms with Crippen LogP contribution in [0.5, 0.6) is 0 Å². The summed E-state index contributed by atoms with van der Waals surface area (Å²) in [7, 11) is -2.28. The van der Waals surface area contributed by atoms with E-state index in [1.165, 1.54) is 7.11 Å². The minimum absolute atomic E-state index is 0.0899. The Bertz CT molecular complexity index is 422. The molecule has 0 heterocycles. The van der Waals surface area contributed by atoms with E-state index in [0.717, 1.165) is 19.3 Å². The van der Waals surface area contributed by atoms with Crippen molar-refractivity contribution in [1.29, 1.82) is 0 Å². The number of hydrogen-bond donors (Lipinski definition) is 2. The fourth-order valence-corrected chi connectivity index (χ4v) is 3.63. The molecule has 0 aliphatic heterocycles. The third-order valence-electron chi connectivity index (χ3n) is 3.01. The standard InChI is InChI=1S/C10H18N2O4S2/c1-16-9(13)5-6-18(14,15)12-8-4-2-3-7(8)10(11)17/h7-8,12H,2-6H2,1H3,(H2,11,17). The van der Waals surface area contributed by atoms with E-state index in [9.17, 15) is 13.2 Å². The van der Waals surface area contributed by atoms with Crippen molar-refractivity contribution in [1.82, 2.24) is 4.72 Å². The molecular formula is C10H18N2O4S2. The van der Waals surface area contributed by atoms with Gasteiger partial charge in [-0.3, -0.25) is 4.79 Å². The smallest absolute Gasteiger partial charge is 0.306 e. The monoisotopic (exact) mass is 294 g/mol. The molecule has 0 bridgehead atoms. The third kappa shape index (κ3) is 4.51. The summed E-state index contributed by atoms with van der Waals surface area (Å²) < 4.78 is 30.5. The first kappa shape index (κ1) is 15.3. The van der Waals surface area contributed by atoms with Crippen LogP contribution in [-0.4, -0.2) is 38.3 Å². The molecule has 0 saturated heterocycles. The Labute approximate surface area is 112 Å². The number of rotatable bonds is 6. The second kappa shape index (κ2) is 6.44. The highest BCUT2D eigenvalue weighted by Crippen LogP contribution is 2.26. The first-order chi connectivity index (χ1) is 8.35. The summed E-state index contributed by atoms with van der Waals surface area (Å²) in [5.41, 5.74) is 5.57. The molecule has 104 valence electrons. The number of esters is 1. The van der Waals surface area contributed by atoms with Crippen LogP contribution >= 0.6 is 12.2 Å². The van der Waals surface area contributed by atoms with E-state index < -0.39 is 16.0 Å². The summed E-state index contributed by atoms with van der Waals surface area (Å²) >= 11 is 4.92. The van der Waals surface area contributed by atoms with Gasteiger partial charge in [-0.05, 0) is 12.8 Å². The van der Waals surface area contributed by atoms with E-state index in [2.05, 4.69) is 9.46 Å². The van der Waals surface area contributed by atoms with Gasteiger partial charge in [0.2, 0.25) is 10.0 Å². The van der Waals surface area contributed by atoms with Crippen LogP contribution < -0.4 is 10.5 Å². The minimum atomic E-state index is -3.50. The quantitative estimate of drug-likeness (QED) is 0.525. The molecule has 0 aromatic carbocycles. The number of carbonyl (C=O) groups excluding carboxylic acids is 1. The van der Waals surface area contributed by atoms with Crippen LogP contribution in [0.1, 0.15) is 25.7 Å². The van der Waals surface area contributed by atoms with Gasteiger partial charge in [0.1, 0.15) is 0 Å². The van der Waals surface area contributed by atoms with Gasteiger partial charge in [-0.25, -0.2) is 13.1 Å². The highest BCUT2D eigenvalue weighted by molar-refractivity contribution is 7.89. The lowest BCUT2D eigenvalue weighted by molar-refractivity contribution is -0.140. The fourth-order valence-electron chi connectivity index (χ4n) is 2.05. The number of thiocarbonyl (C=S) groups is 1. The van der Waals surface area contributed by atoms with E-state index in [1.807, 2.05) is 0 Å². The Balaban J connectivity index is 2.54. The number of nitrogens with one attached hydrogen (secondary N) is 1. The molecule has 6 nitrogen and oxygen atoms in total. The molecule has 0 aromatic heterocycles. The molecule has 3 N–H and O–H groups in total. The van der Waals surface area contributed by atoms with Crippen LogP contribution in [-0.2, 0) is 19.6 Å². The molecule has 18 heavy (non-hydrogen) atoms. The van der Waals surface area contributed by atoms with Gasteiger partial charge in [-0.1, -0.05) is 18.6 Å². The van der Waals surface area contributed by atoms with Crippen LogP contribution in [0.3, 0.4) is 0 Å². The van der Waals surface area contributed by atoms with Crippen LogP contribution in [0.25, 0.3) is 0 Å². The van der Waals surface area contributed by atoms with Gasteiger partial charge < -0.3 is 10.5 Å². The molecule has 1 aliphatic rings. The molecule has 0 amide bonds. The van der Waals surface area contributed by atoms with Crippen molar-refractivity contribution in [2.24, 2.45) is 11.7 Å². The van der Waals surface area contributed by atoms with Gasteiger partial charge in [-0.2, -0.15) is 0 Å². The van der Waals surface area contributed by atoms with Crippen LogP contribution in [0, 0.1) is 5.92 Å². The maximum atomic E-state index is 11.8. The predicted molar refractivity (Wildman–Crippen MR) is 71.5 cm³/mol. The van der Waals surface area contributed by atoms with Gasteiger partial charge in [-0.15, -0.1) is 0 Å². The molecule has 0 aromatic rings. The Kier molecular flexibility index (Phi) is 5.48. The number of sulfonamides is 1. The third-order valence-corrected chi connectivity index (χ3v) is 4.72. The molecule has 1 fully saturated rings. The average Bonchev–Trinajstić information content (AvgIpc) is 2.73. The van der Waals surface area contributed by atoms with Crippen molar-refractivity contribution in [2.75, 3.05) is 12.9 Å². The first-order valence-corrected chi connectivity index (χ1v) is 7.78. The molecule has 8 heteroatoms. The number of ether oxygens (including phenoxy) is 1. The minimum Gasteiger partial charge on any atom is -0.469 e. The number of nitrogens with two attached hydrogens (primary N) is 1. The van der Waals surface area contributed by atoms with Crippen molar-refractivity contribution in [3.05, 3.63) is 0 Å². The first-order valence-electron chi connectivity index (χ1n) is 5.72. The van der Waals surface area contributed by atoms with Crippen LogP contribution in [0.4, 0.5) is 0 Å². The Hall–Kier alpha value is -0.730. The zero-order valence-corrected chi connectivity index (χ0v) is 11.9. The summed E-state index contributed by atoms with van der Waals surface area (Å²) in [4.78, 5) is 11.3. The highest BCUT2D eigenvalue weighted by Gasteiger charge is 2.32. The van der Waals surface area contributed by atoms with Gasteiger partial charge in [0.25, 0.3) is 0 Å². The molecule has 1 rings (SSSR count). The summed E-state index contributed by atoms with van der Waals surface area (Å²) in [6.45, 7) is 0. The van der Waals surface area contributed by atoms with Gasteiger partial charge in [0, 0.05) is 12.0 Å². The number of hydrogen-bond acceptors (Lipinski definition) is 5. The second-order valence-corrected chi connectivity index (χ2v) is 6.65. The molecule has 0 spiro atoms. The Morgan fingerprint density at radius 3 is 2.72 bits per heavy atom. The lowest BCUT2D eigenvalue weighted by atomic mass is 10.1. The largest absolute Gasteiger partial charge is 0.469 e. The average molecular weight is 294 g/mol. The molecule has 0 radical (unpaired) electrons. The zero-order valence-electron chi connectivity index (χ0n) is 10.2. The number of carbonyl (C=O) groups is 1. The van der Waals surface area contributed by atoms with E-state index in [-0.39, 0.29) is 24.1 Å². The van der Waals surface area contributed by atoms with Crippen molar-refractivity contribution >= 4 is 33.2 Å². The Morgan fingerprint density at radius 2 is 2.17 bits per heavy atom. The van der Waals surface area contributed by atoms with Gasteiger partial charge >= 0.3 is 5.97 Å². The lowest BCUT2D eigenvalue weighted by Crippen LogP contribution is -2.42. The second-order valence-electron chi connectivity index (χ2n) is 4.31. The molecule has 1 saturated carbocycles. The van der Waals surface area contributed by atoms with E-state index >= 15 is 0 Å². The summed E-state index contributed by atoms with van der Waals surface area (Å²) in [5, 5.41) is 0. The lowest BCUT2D eigenvalue weighted by Gasteiger charge is -2.19. The maximum absolute atomic E-state index is 11.8.